The zero-order valence-corrected chi connectivity index (χ0v) is 20.4. The lowest BCUT2D eigenvalue weighted by molar-refractivity contribution is 0.0661. The fraction of sp³-hybridized carbons (Fsp3) is 0.391. The molecule has 12 heteroatoms. The number of nitrogens with one attached hydrogen (secondary N) is 1. The number of amides is 1. The third-order valence-electron chi connectivity index (χ3n) is 5.52. The number of likely N-dealkylation sites (tertiary alicyclic amines) is 1. The number of pyridine rings is 1. The average Bonchev–Trinajstić information content (AvgIpc) is 2.81. The fourth-order valence-corrected chi connectivity index (χ4v) is 3.96. The molecule has 0 aliphatic carbocycles. The second kappa shape index (κ2) is 11.6. The van der Waals surface area contributed by atoms with Gasteiger partial charge in [0.05, 0.1) is 17.2 Å². The Balaban J connectivity index is 0.00000108. The summed E-state index contributed by atoms with van der Waals surface area (Å²) in [7, 11) is 0. The number of nitrogens with zero attached hydrogens (tertiary/aromatic N) is 4. The number of rotatable bonds is 4. The standard InChI is InChI=1S/C23H26FN5O3.O2S/c1-14(2)32-23(31)28-10-8-16(9-11-28)29-20(30)7-5-17-21(25-13-26-22(17)29)27-19-6-4-15(3)12-18(19)24;1-3-2/h4-7,12-14,16H,8-11H2,1-3H3,(H,25,26,27);. The zero-order chi connectivity index (χ0) is 25.5. The van der Waals surface area contributed by atoms with Crippen LogP contribution in [0.1, 0.15) is 38.3 Å². The smallest absolute Gasteiger partial charge is 0.410 e. The lowest BCUT2D eigenvalue weighted by Crippen LogP contribution is -2.41. The molecule has 1 aliphatic heterocycles. The van der Waals surface area contributed by atoms with E-state index >= 15 is 0 Å². The minimum atomic E-state index is -0.750. The van der Waals surface area contributed by atoms with E-state index in [9.17, 15) is 14.0 Å². The molecule has 0 spiro atoms. The normalized spacial score (nSPS) is 13.8. The molecule has 186 valence electrons. The number of hydrogen-bond acceptors (Lipinski definition) is 8. The van der Waals surface area contributed by atoms with Crippen LogP contribution in [0.15, 0.2) is 41.5 Å². The second-order valence-electron chi connectivity index (χ2n) is 8.33. The summed E-state index contributed by atoms with van der Waals surface area (Å²) < 4.78 is 37.9. The topological polar surface area (TPSA) is 123 Å². The summed E-state index contributed by atoms with van der Waals surface area (Å²) in [5, 5.41) is 3.64. The molecule has 3 heterocycles. The number of carbonyl (C=O) groups excluding carboxylic acids is 1. The van der Waals surface area contributed by atoms with Crippen LogP contribution in [-0.4, -0.2) is 53.1 Å². The highest BCUT2D eigenvalue weighted by molar-refractivity contribution is 7.51. The van der Waals surface area contributed by atoms with Gasteiger partial charge in [0.1, 0.15) is 23.6 Å². The van der Waals surface area contributed by atoms with E-state index in [1.54, 1.807) is 21.6 Å². The van der Waals surface area contributed by atoms with Crippen LogP contribution in [0.25, 0.3) is 11.0 Å². The zero-order valence-electron chi connectivity index (χ0n) is 19.6. The molecule has 1 aliphatic rings. The van der Waals surface area contributed by atoms with Gasteiger partial charge in [-0.05, 0) is 57.4 Å². The predicted octanol–water partition coefficient (Wildman–Crippen LogP) is 3.49. The number of piperidine rings is 1. The lowest BCUT2D eigenvalue weighted by Gasteiger charge is -2.33. The van der Waals surface area contributed by atoms with Gasteiger partial charge in [0.15, 0.2) is 0 Å². The molecule has 4 rings (SSSR count). The molecule has 0 unspecified atom stereocenters. The maximum Gasteiger partial charge on any atom is 0.410 e. The van der Waals surface area contributed by atoms with Crippen molar-refractivity contribution >= 4 is 40.2 Å². The Morgan fingerprint density at radius 2 is 1.86 bits per heavy atom. The minimum absolute atomic E-state index is 0.117. The van der Waals surface area contributed by atoms with Crippen LogP contribution < -0.4 is 10.9 Å². The summed E-state index contributed by atoms with van der Waals surface area (Å²) in [5.74, 6) is 0.0372. The monoisotopic (exact) mass is 503 g/mol. The van der Waals surface area contributed by atoms with E-state index < -0.39 is 11.6 Å². The second-order valence-corrected chi connectivity index (χ2v) is 8.46. The largest absolute Gasteiger partial charge is 0.447 e. The molecule has 3 aromatic rings. The van der Waals surface area contributed by atoms with Gasteiger partial charge in [0.25, 0.3) is 5.56 Å². The Morgan fingerprint density at radius 3 is 2.49 bits per heavy atom. The van der Waals surface area contributed by atoms with Crippen molar-refractivity contribution in [1.82, 2.24) is 19.4 Å². The van der Waals surface area contributed by atoms with Gasteiger partial charge in [0, 0.05) is 25.2 Å². The molecule has 1 amide bonds. The molecule has 1 saturated heterocycles. The van der Waals surface area contributed by atoms with E-state index in [0.717, 1.165) is 5.56 Å². The molecule has 1 fully saturated rings. The predicted molar refractivity (Wildman–Crippen MR) is 129 cm³/mol. The number of hydrogen-bond donors (Lipinski definition) is 1. The van der Waals surface area contributed by atoms with Gasteiger partial charge in [-0.25, -0.2) is 19.2 Å². The first-order valence-corrected chi connectivity index (χ1v) is 11.7. The first-order chi connectivity index (χ1) is 16.7. The summed E-state index contributed by atoms with van der Waals surface area (Å²) in [5.41, 5.74) is 1.42. The van der Waals surface area contributed by atoms with E-state index in [1.165, 1.54) is 18.5 Å². The lowest BCUT2D eigenvalue weighted by atomic mass is 10.0. The van der Waals surface area contributed by atoms with E-state index in [1.807, 2.05) is 26.8 Å². The van der Waals surface area contributed by atoms with Crippen LogP contribution in [-0.2, 0) is 16.3 Å². The number of benzene rings is 1. The van der Waals surface area contributed by atoms with Crippen molar-refractivity contribution in [3.63, 3.8) is 0 Å². The summed E-state index contributed by atoms with van der Waals surface area (Å²) in [6.45, 7) is 6.43. The highest BCUT2D eigenvalue weighted by atomic mass is 32.1. The van der Waals surface area contributed by atoms with Crippen LogP contribution in [0.5, 0.6) is 0 Å². The van der Waals surface area contributed by atoms with Crippen molar-refractivity contribution in [2.75, 3.05) is 18.4 Å². The van der Waals surface area contributed by atoms with Crippen molar-refractivity contribution in [3.8, 4) is 0 Å². The summed E-state index contributed by atoms with van der Waals surface area (Å²) >= 11 is -0.750. The minimum Gasteiger partial charge on any atom is -0.447 e. The number of fused-ring (bicyclic) bond motifs is 1. The Labute approximate surface area is 204 Å². The number of aromatic nitrogens is 3. The van der Waals surface area contributed by atoms with Crippen LogP contribution in [0.2, 0.25) is 0 Å². The summed E-state index contributed by atoms with van der Waals surface area (Å²) in [6.07, 6.45) is 2.05. The maximum atomic E-state index is 14.3. The van der Waals surface area contributed by atoms with Crippen molar-refractivity contribution in [1.29, 1.82) is 0 Å². The highest BCUT2D eigenvalue weighted by Gasteiger charge is 2.27. The quantitative estimate of drug-likeness (QED) is 0.574. The SMILES string of the molecule is Cc1ccc(Nc2ncnc3c2ccc(=O)n3C2CCN(C(=O)OC(C)C)CC2)c(F)c1.O=S=O. The fourth-order valence-electron chi connectivity index (χ4n) is 3.96. The Kier molecular flexibility index (Phi) is 8.63. The highest BCUT2D eigenvalue weighted by Crippen LogP contribution is 2.28. The van der Waals surface area contributed by atoms with Crippen LogP contribution >= 0.6 is 0 Å². The number of halogens is 1. The Bertz CT molecular complexity index is 1300. The van der Waals surface area contributed by atoms with Crippen molar-refractivity contribution < 1.29 is 22.3 Å². The van der Waals surface area contributed by atoms with E-state index in [4.69, 9.17) is 13.2 Å². The first kappa shape index (κ1) is 25.9. The molecule has 0 saturated carbocycles. The molecule has 0 radical (unpaired) electrons. The number of ether oxygens (including phenoxy) is 1. The van der Waals surface area contributed by atoms with Gasteiger partial charge in [-0.1, -0.05) is 6.07 Å². The van der Waals surface area contributed by atoms with Crippen molar-refractivity contribution in [3.05, 3.63) is 58.4 Å². The van der Waals surface area contributed by atoms with Gasteiger partial charge in [-0.3, -0.25) is 9.36 Å². The molecular formula is C23H26FN5O5S. The molecule has 0 atom stereocenters. The molecular weight excluding hydrogens is 477 g/mol. The molecule has 1 N–H and O–H groups in total. The molecule has 35 heavy (non-hydrogen) atoms. The molecule has 1 aromatic carbocycles. The third kappa shape index (κ3) is 6.27. The Hall–Kier alpha value is -3.67. The van der Waals surface area contributed by atoms with Gasteiger partial charge < -0.3 is 15.0 Å². The molecule has 2 aromatic heterocycles. The number of aryl methyl sites for hydroxylation is 1. The maximum absolute atomic E-state index is 14.3. The van der Waals surface area contributed by atoms with Crippen LogP contribution in [0, 0.1) is 12.7 Å². The van der Waals surface area contributed by atoms with Crippen molar-refractivity contribution in [2.24, 2.45) is 0 Å². The number of anilines is 2. The number of carbonyl (C=O) groups is 1. The van der Waals surface area contributed by atoms with Gasteiger partial charge in [-0.2, -0.15) is 8.42 Å². The summed E-state index contributed by atoms with van der Waals surface area (Å²) in [4.78, 5) is 35.2. The average molecular weight is 504 g/mol. The first-order valence-electron chi connectivity index (χ1n) is 11.0. The summed E-state index contributed by atoms with van der Waals surface area (Å²) in [6, 6.07) is 7.91. The van der Waals surface area contributed by atoms with E-state index in [-0.39, 0.29) is 29.6 Å². The van der Waals surface area contributed by atoms with Gasteiger partial charge >= 0.3 is 17.7 Å². The van der Waals surface area contributed by atoms with Crippen molar-refractivity contribution in [2.45, 2.75) is 45.8 Å². The van der Waals surface area contributed by atoms with Gasteiger partial charge in [-0.15, -0.1) is 0 Å². The van der Waals surface area contributed by atoms with Crippen LogP contribution in [0.4, 0.5) is 20.7 Å². The van der Waals surface area contributed by atoms with E-state index in [0.29, 0.717) is 48.5 Å². The molecule has 10 nitrogen and oxygen atoms in total. The van der Waals surface area contributed by atoms with Gasteiger partial charge in [0.2, 0.25) is 0 Å². The molecule has 0 bridgehead atoms. The third-order valence-corrected chi connectivity index (χ3v) is 5.52. The van der Waals surface area contributed by atoms with Crippen LogP contribution in [0.3, 0.4) is 0 Å². The van der Waals surface area contributed by atoms with E-state index in [2.05, 4.69) is 15.3 Å². The Morgan fingerprint density at radius 1 is 1.17 bits per heavy atom.